The maximum atomic E-state index is 6.26. The van der Waals surface area contributed by atoms with Gasteiger partial charge in [-0.05, 0) is 57.6 Å². The van der Waals surface area contributed by atoms with Crippen molar-refractivity contribution < 1.29 is 0 Å². The van der Waals surface area contributed by atoms with E-state index in [0.717, 1.165) is 27.8 Å². The minimum atomic E-state index is 0.678. The first kappa shape index (κ1) is 17.2. The highest BCUT2D eigenvalue weighted by atomic mass is 35.5. The van der Waals surface area contributed by atoms with Crippen molar-refractivity contribution in [3.8, 4) is 45.7 Å². The van der Waals surface area contributed by atoms with Crippen molar-refractivity contribution in [2.75, 3.05) is 0 Å². The molecule has 1 heteroatoms. The van der Waals surface area contributed by atoms with Gasteiger partial charge in [-0.25, -0.2) is 0 Å². The van der Waals surface area contributed by atoms with Gasteiger partial charge in [0, 0.05) is 10.6 Å². The molecule has 0 saturated heterocycles. The van der Waals surface area contributed by atoms with Gasteiger partial charge >= 0.3 is 0 Å². The minimum Gasteiger partial charge on any atom is -0.115 e. The van der Waals surface area contributed by atoms with Crippen LogP contribution in [0.15, 0.2) is 97.1 Å². The first-order valence-electron chi connectivity index (χ1n) is 8.78. The third-order valence-electron chi connectivity index (χ3n) is 4.64. The maximum Gasteiger partial charge on any atom is 0.0413 e. The lowest BCUT2D eigenvalue weighted by molar-refractivity contribution is 1.55. The summed E-state index contributed by atoms with van der Waals surface area (Å²) >= 11 is 6.26. The van der Waals surface area contributed by atoms with E-state index >= 15 is 0 Å². The molecule has 0 aliphatic rings. The predicted octanol–water partition coefficient (Wildman–Crippen LogP) is 7.32. The van der Waals surface area contributed by atoms with Gasteiger partial charge in [-0.15, -0.1) is 6.42 Å². The lowest BCUT2D eigenvalue weighted by Gasteiger charge is -2.13. The second-order valence-electron chi connectivity index (χ2n) is 6.33. The molecule has 0 fully saturated rings. The molecule has 0 amide bonds. The standard InChI is InChI=1S/C26H17Cl/c1-2-19-15-16-23(27)18-26(19)25-14-7-6-13-24(25)22-12-8-11-21(17-22)20-9-4-3-5-10-20/h1,3-18H. The number of benzene rings is 4. The molecule has 128 valence electrons. The number of rotatable bonds is 3. The van der Waals surface area contributed by atoms with Crippen LogP contribution in [0.3, 0.4) is 0 Å². The highest BCUT2D eigenvalue weighted by molar-refractivity contribution is 6.31. The average molecular weight is 365 g/mol. The lowest BCUT2D eigenvalue weighted by Crippen LogP contribution is -1.89. The molecule has 0 aliphatic heterocycles. The Morgan fingerprint density at radius 2 is 1.22 bits per heavy atom. The van der Waals surface area contributed by atoms with Crippen molar-refractivity contribution in [3.63, 3.8) is 0 Å². The van der Waals surface area contributed by atoms with Crippen molar-refractivity contribution in [1.82, 2.24) is 0 Å². The summed E-state index contributed by atoms with van der Waals surface area (Å²) in [5.74, 6) is 2.78. The van der Waals surface area contributed by atoms with E-state index in [-0.39, 0.29) is 0 Å². The largest absolute Gasteiger partial charge is 0.115 e. The third kappa shape index (κ3) is 3.51. The monoisotopic (exact) mass is 364 g/mol. The fourth-order valence-corrected chi connectivity index (χ4v) is 3.50. The van der Waals surface area contributed by atoms with E-state index in [4.69, 9.17) is 18.0 Å². The van der Waals surface area contributed by atoms with E-state index in [1.165, 1.54) is 11.1 Å². The smallest absolute Gasteiger partial charge is 0.0413 e. The SMILES string of the molecule is C#Cc1ccc(Cl)cc1-c1ccccc1-c1cccc(-c2ccccc2)c1. The third-order valence-corrected chi connectivity index (χ3v) is 4.87. The van der Waals surface area contributed by atoms with Crippen molar-refractivity contribution in [2.24, 2.45) is 0 Å². The van der Waals surface area contributed by atoms with E-state index in [2.05, 4.69) is 66.6 Å². The molecule has 0 aromatic heterocycles. The average Bonchev–Trinajstić information content (AvgIpc) is 2.74. The number of halogens is 1. The van der Waals surface area contributed by atoms with Gasteiger partial charge in [0.25, 0.3) is 0 Å². The van der Waals surface area contributed by atoms with E-state index in [1.54, 1.807) is 0 Å². The Morgan fingerprint density at radius 1 is 0.556 bits per heavy atom. The number of terminal acetylenes is 1. The molecule has 4 rings (SSSR count). The molecule has 0 nitrogen and oxygen atoms in total. The lowest BCUT2D eigenvalue weighted by atomic mass is 9.91. The highest BCUT2D eigenvalue weighted by Crippen LogP contribution is 2.36. The van der Waals surface area contributed by atoms with Crippen LogP contribution >= 0.6 is 11.6 Å². The molecule has 4 aromatic carbocycles. The molecule has 0 saturated carbocycles. The van der Waals surface area contributed by atoms with Gasteiger partial charge in [-0.2, -0.15) is 0 Å². The van der Waals surface area contributed by atoms with Crippen LogP contribution in [-0.2, 0) is 0 Å². The van der Waals surface area contributed by atoms with Gasteiger partial charge in [0.15, 0.2) is 0 Å². The van der Waals surface area contributed by atoms with Gasteiger partial charge in [-0.1, -0.05) is 90.3 Å². The summed E-state index contributed by atoms with van der Waals surface area (Å²) in [7, 11) is 0. The fourth-order valence-electron chi connectivity index (χ4n) is 3.33. The topological polar surface area (TPSA) is 0 Å². The van der Waals surface area contributed by atoms with E-state index in [9.17, 15) is 0 Å². The van der Waals surface area contributed by atoms with Crippen molar-refractivity contribution >= 4 is 11.6 Å². The van der Waals surface area contributed by atoms with Crippen molar-refractivity contribution in [3.05, 3.63) is 108 Å². The molecule has 0 aliphatic carbocycles. The maximum absolute atomic E-state index is 6.26. The van der Waals surface area contributed by atoms with Gasteiger partial charge in [0.2, 0.25) is 0 Å². The van der Waals surface area contributed by atoms with Crippen LogP contribution in [0.5, 0.6) is 0 Å². The Labute approximate surface area is 165 Å². The second kappa shape index (κ2) is 7.54. The van der Waals surface area contributed by atoms with Crippen LogP contribution in [0.25, 0.3) is 33.4 Å². The zero-order valence-electron chi connectivity index (χ0n) is 14.7. The fraction of sp³-hybridized carbons (Fsp3) is 0. The van der Waals surface area contributed by atoms with Gasteiger partial charge in [0.05, 0.1) is 0 Å². The first-order chi connectivity index (χ1) is 13.3. The summed E-state index contributed by atoms with van der Waals surface area (Å²) in [5, 5.41) is 0.678. The molecule has 0 spiro atoms. The Bertz CT molecular complexity index is 1130. The predicted molar refractivity (Wildman–Crippen MR) is 116 cm³/mol. The molecule has 0 N–H and O–H groups in total. The number of hydrogen-bond acceptors (Lipinski definition) is 0. The van der Waals surface area contributed by atoms with Crippen LogP contribution in [0.2, 0.25) is 5.02 Å². The Kier molecular flexibility index (Phi) is 4.79. The number of hydrogen-bond donors (Lipinski definition) is 0. The molecule has 0 heterocycles. The minimum absolute atomic E-state index is 0.678. The van der Waals surface area contributed by atoms with Crippen LogP contribution in [0.4, 0.5) is 0 Å². The van der Waals surface area contributed by atoms with E-state index < -0.39 is 0 Å². The summed E-state index contributed by atoms with van der Waals surface area (Å²) in [6, 6.07) is 32.9. The molecule has 27 heavy (non-hydrogen) atoms. The summed E-state index contributed by atoms with van der Waals surface area (Å²) < 4.78 is 0. The summed E-state index contributed by atoms with van der Waals surface area (Å²) in [6.45, 7) is 0. The van der Waals surface area contributed by atoms with Crippen LogP contribution in [0, 0.1) is 12.3 Å². The molecule has 0 radical (unpaired) electrons. The first-order valence-corrected chi connectivity index (χ1v) is 9.15. The summed E-state index contributed by atoms with van der Waals surface area (Å²) in [5.41, 5.74) is 7.56. The normalized spacial score (nSPS) is 10.4. The van der Waals surface area contributed by atoms with Crippen LogP contribution < -0.4 is 0 Å². The Morgan fingerprint density at radius 3 is 2.00 bits per heavy atom. The zero-order valence-corrected chi connectivity index (χ0v) is 15.4. The molecule has 0 bridgehead atoms. The highest BCUT2D eigenvalue weighted by Gasteiger charge is 2.11. The summed E-state index contributed by atoms with van der Waals surface area (Å²) in [4.78, 5) is 0. The molecular weight excluding hydrogens is 348 g/mol. The van der Waals surface area contributed by atoms with Crippen molar-refractivity contribution in [2.45, 2.75) is 0 Å². The van der Waals surface area contributed by atoms with Gasteiger partial charge in [-0.3, -0.25) is 0 Å². The van der Waals surface area contributed by atoms with E-state index in [1.807, 2.05) is 36.4 Å². The van der Waals surface area contributed by atoms with Crippen LogP contribution in [0.1, 0.15) is 5.56 Å². The zero-order chi connectivity index (χ0) is 18.6. The Balaban J connectivity index is 1.89. The van der Waals surface area contributed by atoms with Gasteiger partial charge in [0.1, 0.15) is 0 Å². The molecule has 0 atom stereocenters. The van der Waals surface area contributed by atoms with Gasteiger partial charge < -0.3 is 0 Å². The van der Waals surface area contributed by atoms with Crippen molar-refractivity contribution in [1.29, 1.82) is 0 Å². The second-order valence-corrected chi connectivity index (χ2v) is 6.76. The molecular formula is C26H17Cl. The Hall–Kier alpha value is -3.27. The quantitative estimate of drug-likeness (QED) is 0.334. The molecule has 4 aromatic rings. The van der Waals surface area contributed by atoms with E-state index in [0.29, 0.717) is 5.02 Å². The van der Waals surface area contributed by atoms with Crippen LogP contribution in [-0.4, -0.2) is 0 Å². The molecule has 0 unspecified atom stereocenters. The summed E-state index contributed by atoms with van der Waals surface area (Å²) in [6.07, 6.45) is 5.73.